The van der Waals surface area contributed by atoms with E-state index in [2.05, 4.69) is 31.9 Å². The number of carbonyl (C=O) groups excluding carboxylic acids is 4. The highest BCUT2D eigenvalue weighted by atomic mass is 79.9. The summed E-state index contributed by atoms with van der Waals surface area (Å²) < 4.78 is 12.5. The molecule has 0 aliphatic heterocycles. The minimum absolute atomic E-state index is 0.167. The smallest absolute Gasteiger partial charge is 0.343 e. The Bertz CT molecular complexity index is 1460. The van der Waals surface area contributed by atoms with E-state index in [1.54, 1.807) is 109 Å². The molecule has 4 rings (SSSR count). The molecule has 0 aromatic heterocycles. The molecule has 6 nitrogen and oxygen atoms in total. The van der Waals surface area contributed by atoms with Gasteiger partial charge in [0, 0.05) is 20.1 Å². The fourth-order valence-corrected chi connectivity index (χ4v) is 4.03. The van der Waals surface area contributed by atoms with Crippen LogP contribution in [0.4, 0.5) is 0 Å². The Hall–Kier alpha value is -4.40. The fraction of sp³-hybridized carbons (Fsp3) is 0. The Kier molecular flexibility index (Phi) is 9.72. The number of hydrogen-bond donors (Lipinski definition) is 0. The third-order valence-electron chi connectivity index (χ3n) is 5.57. The molecular weight excluding hydrogens is 640 g/mol. The second-order valence-electron chi connectivity index (χ2n) is 8.37. The standard InChI is InChI=1S/C32H20Br2O6/c33-27-9-5-23(6-10-27)31(37)39-29-13-1-21(2-14-29)17-25(19-35)26(20-36)18-22-3-15-30(16-4-22)40-32(38)24-7-11-28(34)12-8-24/h1-20H/b25-17+,26-18+. The van der Waals surface area contributed by atoms with Gasteiger partial charge in [-0.1, -0.05) is 56.1 Å². The van der Waals surface area contributed by atoms with Gasteiger partial charge >= 0.3 is 11.9 Å². The SMILES string of the molecule is O=CC(=C\c1ccc(OC(=O)c2ccc(Br)cc2)cc1)/C(C=O)=C/c1ccc(OC(=O)c2ccc(Br)cc2)cc1. The fourth-order valence-electron chi connectivity index (χ4n) is 3.50. The topological polar surface area (TPSA) is 86.7 Å². The van der Waals surface area contributed by atoms with Crippen molar-refractivity contribution in [2.75, 3.05) is 0 Å². The second kappa shape index (κ2) is 13.6. The van der Waals surface area contributed by atoms with Gasteiger partial charge in [0.05, 0.1) is 11.1 Å². The average molecular weight is 660 g/mol. The highest BCUT2D eigenvalue weighted by Gasteiger charge is 2.10. The van der Waals surface area contributed by atoms with E-state index in [9.17, 15) is 19.2 Å². The van der Waals surface area contributed by atoms with Crippen molar-refractivity contribution < 1.29 is 28.7 Å². The van der Waals surface area contributed by atoms with Crippen LogP contribution in [-0.2, 0) is 9.59 Å². The monoisotopic (exact) mass is 658 g/mol. The van der Waals surface area contributed by atoms with E-state index < -0.39 is 11.9 Å². The Morgan fingerprint density at radius 3 is 1.12 bits per heavy atom. The molecule has 0 spiro atoms. The zero-order valence-corrected chi connectivity index (χ0v) is 23.9. The lowest BCUT2D eigenvalue weighted by molar-refractivity contribution is -0.107. The first kappa shape index (κ1) is 28.6. The highest BCUT2D eigenvalue weighted by molar-refractivity contribution is 9.10. The second-order valence-corrected chi connectivity index (χ2v) is 10.2. The van der Waals surface area contributed by atoms with E-state index in [0.717, 1.165) is 8.95 Å². The number of esters is 2. The predicted molar refractivity (Wildman–Crippen MR) is 159 cm³/mol. The third kappa shape index (κ3) is 7.81. The molecule has 0 saturated carbocycles. The van der Waals surface area contributed by atoms with Crippen molar-refractivity contribution in [1.29, 1.82) is 0 Å². The van der Waals surface area contributed by atoms with Gasteiger partial charge < -0.3 is 9.47 Å². The zero-order chi connectivity index (χ0) is 28.5. The summed E-state index contributed by atoms with van der Waals surface area (Å²) in [6.07, 6.45) is 4.30. The molecule has 0 unspecified atom stereocenters. The van der Waals surface area contributed by atoms with Crippen LogP contribution in [0.2, 0.25) is 0 Å². The van der Waals surface area contributed by atoms with Crippen LogP contribution < -0.4 is 9.47 Å². The molecule has 0 radical (unpaired) electrons. The van der Waals surface area contributed by atoms with Crippen LogP contribution in [0.3, 0.4) is 0 Å². The van der Waals surface area contributed by atoms with E-state index in [0.29, 0.717) is 46.3 Å². The van der Waals surface area contributed by atoms with Gasteiger partial charge in [-0.05, 0) is 96.1 Å². The molecule has 4 aromatic carbocycles. The molecule has 0 atom stereocenters. The largest absolute Gasteiger partial charge is 0.423 e. The summed E-state index contributed by atoms with van der Waals surface area (Å²) in [5, 5.41) is 0. The Balaban J connectivity index is 1.44. The minimum Gasteiger partial charge on any atom is -0.423 e. The summed E-state index contributed by atoms with van der Waals surface area (Å²) in [5.41, 5.74) is 2.42. The molecule has 0 bridgehead atoms. The first-order valence-corrected chi connectivity index (χ1v) is 13.4. The lowest BCUT2D eigenvalue weighted by atomic mass is 10.0. The van der Waals surface area contributed by atoms with E-state index >= 15 is 0 Å². The molecule has 0 amide bonds. The molecule has 0 N–H and O–H groups in total. The van der Waals surface area contributed by atoms with Gasteiger partial charge in [0.25, 0.3) is 0 Å². The van der Waals surface area contributed by atoms with Gasteiger partial charge in [-0.15, -0.1) is 0 Å². The van der Waals surface area contributed by atoms with Gasteiger partial charge in [-0.3, -0.25) is 9.59 Å². The van der Waals surface area contributed by atoms with E-state index in [1.807, 2.05) is 0 Å². The van der Waals surface area contributed by atoms with Crippen molar-refractivity contribution in [2.24, 2.45) is 0 Å². The summed E-state index contributed by atoms with van der Waals surface area (Å²) in [4.78, 5) is 48.3. The number of rotatable bonds is 9. The summed E-state index contributed by atoms with van der Waals surface area (Å²) >= 11 is 6.64. The predicted octanol–water partition coefficient (Wildman–Crippen LogP) is 7.51. The first-order chi connectivity index (χ1) is 19.3. The number of hydrogen-bond acceptors (Lipinski definition) is 6. The van der Waals surface area contributed by atoms with Crippen LogP contribution in [0, 0.1) is 0 Å². The Labute approximate surface area is 247 Å². The molecule has 8 heteroatoms. The Morgan fingerprint density at radius 1 is 0.500 bits per heavy atom. The molecule has 0 aliphatic carbocycles. The molecule has 0 saturated heterocycles. The molecule has 0 aliphatic rings. The molecule has 0 fully saturated rings. The van der Waals surface area contributed by atoms with E-state index in [1.165, 1.54) is 0 Å². The molecule has 198 valence electrons. The summed E-state index contributed by atoms with van der Waals surface area (Å²) in [5.74, 6) is -0.316. The summed E-state index contributed by atoms with van der Waals surface area (Å²) in [6.45, 7) is 0. The van der Waals surface area contributed by atoms with Gasteiger partial charge in [-0.2, -0.15) is 0 Å². The molecular formula is C32H20Br2O6. The number of benzene rings is 4. The van der Waals surface area contributed by atoms with Gasteiger partial charge in [0.15, 0.2) is 12.6 Å². The summed E-state index contributed by atoms with van der Waals surface area (Å²) in [6, 6.07) is 26.7. The first-order valence-electron chi connectivity index (χ1n) is 11.8. The highest BCUT2D eigenvalue weighted by Crippen LogP contribution is 2.21. The van der Waals surface area contributed by atoms with Crippen LogP contribution in [-0.4, -0.2) is 24.5 Å². The number of ether oxygens (including phenoxy) is 2. The van der Waals surface area contributed by atoms with E-state index in [-0.39, 0.29) is 11.1 Å². The van der Waals surface area contributed by atoms with Gasteiger partial charge in [-0.25, -0.2) is 9.59 Å². The van der Waals surface area contributed by atoms with Crippen molar-refractivity contribution in [1.82, 2.24) is 0 Å². The minimum atomic E-state index is -0.496. The average Bonchev–Trinajstić information content (AvgIpc) is 2.97. The number of carbonyl (C=O) groups is 4. The maximum atomic E-state index is 12.3. The van der Waals surface area contributed by atoms with Crippen LogP contribution in [0.1, 0.15) is 31.8 Å². The van der Waals surface area contributed by atoms with Crippen LogP contribution >= 0.6 is 31.9 Å². The third-order valence-corrected chi connectivity index (χ3v) is 6.63. The normalized spacial score (nSPS) is 11.4. The molecule has 0 heterocycles. The zero-order valence-electron chi connectivity index (χ0n) is 20.8. The van der Waals surface area contributed by atoms with Crippen LogP contribution in [0.5, 0.6) is 11.5 Å². The van der Waals surface area contributed by atoms with Gasteiger partial charge in [0.2, 0.25) is 0 Å². The van der Waals surface area contributed by atoms with Crippen molar-refractivity contribution in [3.05, 3.63) is 139 Å². The number of aldehydes is 2. The van der Waals surface area contributed by atoms with Crippen LogP contribution in [0.25, 0.3) is 12.2 Å². The van der Waals surface area contributed by atoms with Crippen molar-refractivity contribution in [3.8, 4) is 11.5 Å². The summed E-state index contributed by atoms with van der Waals surface area (Å²) in [7, 11) is 0. The van der Waals surface area contributed by atoms with Crippen molar-refractivity contribution in [2.45, 2.75) is 0 Å². The van der Waals surface area contributed by atoms with E-state index in [4.69, 9.17) is 9.47 Å². The molecule has 4 aromatic rings. The maximum absolute atomic E-state index is 12.3. The number of allylic oxidation sites excluding steroid dienone is 2. The Morgan fingerprint density at radius 2 is 0.825 bits per heavy atom. The van der Waals surface area contributed by atoms with Crippen molar-refractivity contribution in [3.63, 3.8) is 0 Å². The molecule has 40 heavy (non-hydrogen) atoms. The quantitative estimate of drug-likeness (QED) is 0.0608. The van der Waals surface area contributed by atoms with Crippen LogP contribution in [0.15, 0.2) is 117 Å². The van der Waals surface area contributed by atoms with Gasteiger partial charge in [0.1, 0.15) is 11.5 Å². The lowest BCUT2D eigenvalue weighted by Crippen LogP contribution is -2.08. The van der Waals surface area contributed by atoms with Crippen molar-refractivity contribution >= 4 is 68.5 Å². The lowest BCUT2D eigenvalue weighted by Gasteiger charge is -2.06. The maximum Gasteiger partial charge on any atom is 0.343 e. The number of halogens is 2.